The summed E-state index contributed by atoms with van der Waals surface area (Å²) in [5.74, 6) is -1.35. The van der Waals surface area contributed by atoms with Crippen molar-refractivity contribution in [2.45, 2.75) is 24.3 Å². The van der Waals surface area contributed by atoms with Crippen molar-refractivity contribution in [3.05, 3.63) is 30.1 Å². The molecule has 0 aliphatic carbocycles. The highest BCUT2D eigenvalue weighted by molar-refractivity contribution is 7.89. The predicted octanol–water partition coefficient (Wildman–Crippen LogP) is -0.0425. The predicted molar refractivity (Wildman–Crippen MR) is 72.9 cm³/mol. The number of sulfonamides is 1. The lowest BCUT2D eigenvalue weighted by Gasteiger charge is -2.14. The van der Waals surface area contributed by atoms with Crippen molar-refractivity contribution in [2.75, 3.05) is 13.1 Å². The molecule has 1 rings (SSSR count). The van der Waals surface area contributed by atoms with Gasteiger partial charge in [-0.15, -0.1) is 0 Å². The molecule has 1 atom stereocenters. The van der Waals surface area contributed by atoms with E-state index in [-0.39, 0.29) is 0 Å². The third-order valence-corrected chi connectivity index (χ3v) is 4.11. The van der Waals surface area contributed by atoms with Crippen LogP contribution in [-0.2, 0) is 14.8 Å². The van der Waals surface area contributed by atoms with Gasteiger partial charge in [-0.25, -0.2) is 12.8 Å². The second-order valence-corrected chi connectivity index (χ2v) is 5.89. The normalized spacial score (nSPS) is 12.9. The van der Waals surface area contributed by atoms with Crippen LogP contribution < -0.4 is 15.8 Å². The number of nitrogens with one attached hydrogen (secondary N) is 2. The van der Waals surface area contributed by atoms with Crippen LogP contribution in [0.2, 0.25) is 0 Å². The third kappa shape index (κ3) is 4.55. The summed E-state index contributed by atoms with van der Waals surface area (Å²) in [6.07, 6.45) is 0.596. The van der Waals surface area contributed by atoms with Gasteiger partial charge in [0.1, 0.15) is 10.7 Å². The zero-order chi connectivity index (χ0) is 15.2. The first kappa shape index (κ1) is 16.5. The van der Waals surface area contributed by atoms with Crippen LogP contribution >= 0.6 is 0 Å². The summed E-state index contributed by atoms with van der Waals surface area (Å²) in [4.78, 5) is 11.2. The van der Waals surface area contributed by atoms with Gasteiger partial charge >= 0.3 is 0 Å². The van der Waals surface area contributed by atoms with Crippen molar-refractivity contribution in [1.82, 2.24) is 10.0 Å². The quantitative estimate of drug-likeness (QED) is 0.615. The molecule has 6 nitrogen and oxygen atoms in total. The Morgan fingerprint density at radius 2 is 2.05 bits per heavy atom. The van der Waals surface area contributed by atoms with Gasteiger partial charge in [-0.3, -0.25) is 4.79 Å². The van der Waals surface area contributed by atoms with Crippen molar-refractivity contribution in [3.63, 3.8) is 0 Å². The van der Waals surface area contributed by atoms with E-state index in [0.29, 0.717) is 19.5 Å². The van der Waals surface area contributed by atoms with Crippen molar-refractivity contribution in [1.29, 1.82) is 0 Å². The Kier molecular flexibility index (Phi) is 6.05. The molecular formula is C12H18FN3O3S. The van der Waals surface area contributed by atoms with Crippen LogP contribution in [0.25, 0.3) is 0 Å². The molecule has 1 aromatic rings. The van der Waals surface area contributed by atoms with E-state index in [2.05, 4.69) is 10.0 Å². The van der Waals surface area contributed by atoms with E-state index in [1.165, 1.54) is 19.1 Å². The molecule has 0 radical (unpaired) electrons. The van der Waals surface area contributed by atoms with Crippen LogP contribution in [0.1, 0.15) is 13.3 Å². The number of carbonyl (C=O) groups excluding carboxylic acids is 1. The molecule has 112 valence electrons. The lowest BCUT2D eigenvalue weighted by molar-refractivity contribution is -0.122. The molecule has 1 amide bonds. The van der Waals surface area contributed by atoms with Gasteiger partial charge in [0.25, 0.3) is 0 Å². The van der Waals surface area contributed by atoms with E-state index in [1.54, 1.807) is 0 Å². The van der Waals surface area contributed by atoms with Crippen LogP contribution in [0, 0.1) is 5.82 Å². The monoisotopic (exact) mass is 303 g/mol. The maximum absolute atomic E-state index is 13.5. The largest absolute Gasteiger partial charge is 0.355 e. The van der Waals surface area contributed by atoms with Crippen LogP contribution in [0.3, 0.4) is 0 Å². The van der Waals surface area contributed by atoms with Crippen molar-refractivity contribution >= 4 is 15.9 Å². The van der Waals surface area contributed by atoms with E-state index >= 15 is 0 Å². The average molecular weight is 303 g/mol. The molecule has 0 aliphatic rings. The third-order valence-electron chi connectivity index (χ3n) is 2.53. The van der Waals surface area contributed by atoms with Gasteiger partial charge < -0.3 is 11.1 Å². The number of rotatable bonds is 7. The molecule has 20 heavy (non-hydrogen) atoms. The molecule has 0 fully saturated rings. The summed E-state index contributed by atoms with van der Waals surface area (Å²) in [5, 5.41) is 2.53. The van der Waals surface area contributed by atoms with Gasteiger partial charge in [0.15, 0.2) is 0 Å². The van der Waals surface area contributed by atoms with Crippen LogP contribution in [0.15, 0.2) is 29.2 Å². The first-order valence-corrected chi connectivity index (χ1v) is 7.61. The number of nitrogens with two attached hydrogens (primary N) is 1. The molecule has 0 aliphatic heterocycles. The van der Waals surface area contributed by atoms with Crippen molar-refractivity contribution in [3.8, 4) is 0 Å². The van der Waals surface area contributed by atoms with E-state index in [4.69, 9.17) is 5.73 Å². The number of amides is 1. The maximum Gasteiger partial charge on any atom is 0.244 e. The summed E-state index contributed by atoms with van der Waals surface area (Å²) in [6, 6.07) is 3.97. The Morgan fingerprint density at radius 3 is 2.65 bits per heavy atom. The molecule has 0 saturated carbocycles. The molecule has 8 heteroatoms. The Labute approximate surface area is 117 Å². The van der Waals surface area contributed by atoms with Crippen LogP contribution in [0.4, 0.5) is 4.39 Å². The molecule has 0 saturated heterocycles. The number of hydrogen-bond acceptors (Lipinski definition) is 4. The van der Waals surface area contributed by atoms with E-state index in [0.717, 1.165) is 12.1 Å². The first-order valence-electron chi connectivity index (χ1n) is 6.13. The number of benzene rings is 1. The fourth-order valence-corrected chi connectivity index (χ4v) is 2.76. The molecule has 0 aromatic heterocycles. The zero-order valence-corrected chi connectivity index (χ0v) is 11.9. The van der Waals surface area contributed by atoms with Gasteiger partial charge in [-0.2, -0.15) is 4.72 Å². The summed E-state index contributed by atoms with van der Waals surface area (Å²) in [5.41, 5.74) is 5.28. The minimum atomic E-state index is -4.08. The zero-order valence-electron chi connectivity index (χ0n) is 11.1. The standard InChI is InChI=1S/C12H18FN3O3S/c1-9(12(17)15-8-4-7-14)16-20(18,19)11-6-3-2-5-10(11)13/h2-3,5-6,9,16H,4,7-8,14H2,1H3,(H,15,17). The smallest absolute Gasteiger partial charge is 0.244 e. The Morgan fingerprint density at radius 1 is 1.40 bits per heavy atom. The van der Waals surface area contributed by atoms with Gasteiger partial charge in [-0.1, -0.05) is 12.1 Å². The fraction of sp³-hybridized carbons (Fsp3) is 0.417. The molecule has 0 spiro atoms. The Balaban J connectivity index is 2.72. The highest BCUT2D eigenvalue weighted by Crippen LogP contribution is 2.13. The molecular weight excluding hydrogens is 285 g/mol. The Bertz CT molecular complexity index is 563. The summed E-state index contributed by atoms with van der Waals surface area (Å²) < 4.78 is 39.5. The number of hydrogen-bond donors (Lipinski definition) is 3. The van der Waals surface area contributed by atoms with E-state index in [9.17, 15) is 17.6 Å². The van der Waals surface area contributed by atoms with Crippen LogP contribution in [0.5, 0.6) is 0 Å². The minimum Gasteiger partial charge on any atom is -0.355 e. The van der Waals surface area contributed by atoms with Crippen LogP contribution in [-0.4, -0.2) is 33.5 Å². The number of halogens is 1. The lowest BCUT2D eigenvalue weighted by atomic mass is 10.3. The highest BCUT2D eigenvalue weighted by atomic mass is 32.2. The van der Waals surface area contributed by atoms with E-state index in [1.807, 2.05) is 0 Å². The van der Waals surface area contributed by atoms with Gasteiger partial charge in [0.05, 0.1) is 6.04 Å². The van der Waals surface area contributed by atoms with Gasteiger partial charge in [-0.05, 0) is 32.0 Å². The molecule has 0 bridgehead atoms. The molecule has 1 aromatic carbocycles. The topological polar surface area (TPSA) is 101 Å². The SMILES string of the molecule is CC(NS(=O)(=O)c1ccccc1F)C(=O)NCCCN. The maximum atomic E-state index is 13.5. The molecule has 4 N–H and O–H groups in total. The first-order chi connectivity index (χ1) is 9.38. The Hall–Kier alpha value is -1.51. The van der Waals surface area contributed by atoms with Crippen molar-refractivity contribution in [2.24, 2.45) is 5.73 Å². The number of carbonyl (C=O) groups is 1. The fourth-order valence-electron chi connectivity index (χ4n) is 1.48. The van der Waals surface area contributed by atoms with Gasteiger partial charge in [0.2, 0.25) is 15.9 Å². The molecule has 0 heterocycles. The second-order valence-electron chi connectivity index (χ2n) is 4.21. The molecule has 1 unspecified atom stereocenters. The summed E-state index contributed by atoms with van der Waals surface area (Å²) in [6.45, 7) is 2.17. The van der Waals surface area contributed by atoms with E-state index < -0.39 is 32.7 Å². The second kappa shape index (κ2) is 7.32. The summed E-state index contributed by atoms with van der Waals surface area (Å²) in [7, 11) is -4.08. The summed E-state index contributed by atoms with van der Waals surface area (Å²) >= 11 is 0. The average Bonchev–Trinajstić information content (AvgIpc) is 2.38. The van der Waals surface area contributed by atoms with Gasteiger partial charge in [0, 0.05) is 6.54 Å². The lowest BCUT2D eigenvalue weighted by Crippen LogP contribution is -2.45. The minimum absolute atomic E-state index is 0.362. The highest BCUT2D eigenvalue weighted by Gasteiger charge is 2.24. The van der Waals surface area contributed by atoms with Crippen molar-refractivity contribution < 1.29 is 17.6 Å².